The van der Waals surface area contributed by atoms with Crippen molar-refractivity contribution >= 4 is 0 Å². The molecule has 0 bridgehead atoms. The predicted molar refractivity (Wildman–Crippen MR) is 72.3 cm³/mol. The standard InChI is InChI=1S/C15H21NO3/c1-10(11-7-12(17)9-13(18)8-11)16-5-6-19-15-4-2-3-14(15)16/h7-10,14-15,17-18H,2-6H2,1H3. The van der Waals surface area contributed by atoms with E-state index in [2.05, 4.69) is 11.8 Å². The fraction of sp³-hybridized carbons (Fsp3) is 0.600. The average Bonchev–Trinajstić information content (AvgIpc) is 2.84. The van der Waals surface area contributed by atoms with Gasteiger partial charge in [0.25, 0.3) is 0 Å². The zero-order chi connectivity index (χ0) is 13.4. The molecule has 1 saturated carbocycles. The first-order valence-electron chi connectivity index (χ1n) is 7.05. The molecule has 1 aromatic carbocycles. The van der Waals surface area contributed by atoms with Crippen molar-refractivity contribution in [1.82, 2.24) is 4.90 Å². The molecule has 104 valence electrons. The molecule has 4 nitrogen and oxygen atoms in total. The van der Waals surface area contributed by atoms with Gasteiger partial charge in [0.2, 0.25) is 0 Å². The second-order valence-electron chi connectivity index (χ2n) is 5.60. The summed E-state index contributed by atoms with van der Waals surface area (Å²) in [6.07, 6.45) is 3.92. The second-order valence-corrected chi connectivity index (χ2v) is 5.60. The molecule has 3 rings (SSSR count). The van der Waals surface area contributed by atoms with Gasteiger partial charge in [0, 0.05) is 24.7 Å². The molecule has 0 amide bonds. The lowest BCUT2D eigenvalue weighted by atomic mass is 10.0. The molecule has 1 aliphatic heterocycles. The molecule has 19 heavy (non-hydrogen) atoms. The lowest BCUT2D eigenvalue weighted by molar-refractivity contribution is -0.0698. The average molecular weight is 263 g/mol. The van der Waals surface area contributed by atoms with Crippen LogP contribution in [0.15, 0.2) is 18.2 Å². The minimum atomic E-state index is 0.123. The number of hydrogen-bond acceptors (Lipinski definition) is 4. The molecule has 2 aliphatic rings. The number of hydrogen-bond donors (Lipinski definition) is 2. The van der Waals surface area contributed by atoms with Crippen molar-refractivity contribution in [1.29, 1.82) is 0 Å². The van der Waals surface area contributed by atoms with E-state index in [0.717, 1.165) is 25.1 Å². The van der Waals surface area contributed by atoms with Crippen molar-refractivity contribution in [2.24, 2.45) is 0 Å². The van der Waals surface area contributed by atoms with Gasteiger partial charge in [-0.1, -0.05) is 0 Å². The zero-order valence-electron chi connectivity index (χ0n) is 11.2. The Kier molecular flexibility index (Phi) is 3.37. The van der Waals surface area contributed by atoms with E-state index in [-0.39, 0.29) is 17.5 Å². The van der Waals surface area contributed by atoms with Crippen molar-refractivity contribution in [2.45, 2.75) is 44.4 Å². The maximum absolute atomic E-state index is 9.63. The number of morpholine rings is 1. The van der Waals surface area contributed by atoms with Crippen LogP contribution in [-0.4, -0.2) is 40.4 Å². The van der Waals surface area contributed by atoms with Crippen LogP contribution in [0.1, 0.15) is 37.8 Å². The summed E-state index contributed by atoms with van der Waals surface area (Å²) in [5.74, 6) is 0.246. The van der Waals surface area contributed by atoms with Gasteiger partial charge in [-0.3, -0.25) is 4.90 Å². The van der Waals surface area contributed by atoms with Gasteiger partial charge in [-0.15, -0.1) is 0 Å². The molecule has 2 fully saturated rings. The fourth-order valence-electron chi connectivity index (χ4n) is 3.49. The number of aromatic hydroxyl groups is 2. The molecule has 1 aromatic rings. The van der Waals surface area contributed by atoms with Gasteiger partial charge in [0.15, 0.2) is 0 Å². The van der Waals surface area contributed by atoms with E-state index in [9.17, 15) is 10.2 Å². The van der Waals surface area contributed by atoms with Crippen molar-refractivity contribution in [3.63, 3.8) is 0 Å². The maximum Gasteiger partial charge on any atom is 0.119 e. The molecule has 4 heteroatoms. The quantitative estimate of drug-likeness (QED) is 0.860. The summed E-state index contributed by atoms with van der Waals surface area (Å²) >= 11 is 0. The van der Waals surface area contributed by atoms with Gasteiger partial charge in [-0.25, -0.2) is 0 Å². The van der Waals surface area contributed by atoms with E-state index in [1.165, 1.54) is 18.9 Å². The third kappa shape index (κ3) is 2.42. The smallest absolute Gasteiger partial charge is 0.119 e. The summed E-state index contributed by atoms with van der Waals surface area (Å²) in [5.41, 5.74) is 0.963. The van der Waals surface area contributed by atoms with Crippen LogP contribution >= 0.6 is 0 Å². The highest BCUT2D eigenvalue weighted by atomic mass is 16.5. The zero-order valence-corrected chi connectivity index (χ0v) is 11.2. The SMILES string of the molecule is CC(c1cc(O)cc(O)c1)N1CCOC2CCCC21. The van der Waals surface area contributed by atoms with E-state index in [1.54, 1.807) is 12.1 Å². The first kappa shape index (κ1) is 12.8. The van der Waals surface area contributed by atoms with E-state index >= 15 is 0 Å². The van der Waals surface area contributed by atoms with Crippen molar-refractivity contribution in [3.8, 4) is 11.5 Å². The van der Waals surface area contributed by atoms with Crippen molar-refractivity contribution in [2.75, 3.05) is 13.2 Å². The molecule has 1 aliphatic carbocycles. The minimum Gasteiger partial charge on any atom is -0.508 e. The first-order chi connectivity index (χ1) is 9.15. The third-order valence-electron chi connectivity index (χ3n) is 4.43. The Balaban J connectivity index is 1.84. The molecule has 1 saturated heterocycles. The Morgan fingerprint density at radius 1 is 1.21 bits per heavy atom. The Labute approximate surface area is 113 Å². The van der Waals surface area contributed by atoms with Crippen LogP contribution in [0, 0.1) is 0 Å². The van der Waals surface area contributed by atoms with Crippen LogP contribution in [0.2, 0.25) is 0 Å². The summed E-state index contributed by atoms with van der Waals surface area (Å²) in [6, 6.07) is 5.52. The number of phenolic OH excluding ortho intramolecular Hbond substituents is 2. The first-order valence-corrected chi connectivity index (χ1v) is 7.05. The van der Waals surface area contributed by atoms with Crippen LogP contribution in [0.4, 0.5) is 0 Å². The Morgan fingerprint density at radius 2 is 1.95 bits per heavy atom. The fourth-order valence-corrected chi connectivity index (χ4v) is 3.49. The molecule has 0 radical (unpaired) electrons. The molecule has 0 spiro atoms. The summed E-state index contributed by atoms with van der Waals surface area (Å²) in [6.45, 7) is 3.82. The molecule has 0 aromatic heterocycles. The minimum absolute atomic E-state index is 0.123. The van der Waals surface area contributed by atoms with E-state index in [4.69, 9.17) is 4.74 Å². The highest BCUT2D eigenvalue weighted by Crippen LogP contribution is 2.36. The summed E-state index contributed by atoms with van der Waals surface area (Å²) < 4.78 is 5.83. The van der Waals surface area contributed by atoms with Crippen LogP contribution in [0.25, 0.3) is 0 Å². The van der Waals surface area contributed by atoms with Crippen molar-refractivity contribution < 1.29 is 14.9 Å². The number of nitrogens with zero attached hydrogens (tertiary/aromatic N) is 1. The highest BCUT2D eigenvalue weighted by Gasteiger charge is 2.38. The normalized spacial score (nSPS) is 29.1. The van der Waals surface area contributed by atoms with Gasteiger partial charge >= 0.3 is 0 Å². The Morgan fingerprint density at radius 3 is 2.68 bits per heavy atom. The maximum atomic E-state index is 9.63. The van der Waals surface area contributed by atoms with Gasteiger partial charge in [0.05, 0.1) is 12.7 Å². The molecule has 2 N–H and O–H groups in total. The van der Waals surface area contributed by atoms with E-state index in [1.807, 2.05) is 0 Å². The van der Waals surface area contributed by atoms with E-state index < -0.39 is 0 Å². The number of rotatable bonds is 2. The topological polar surface area (TPSA) is 52.9 Å². The van der Waals surface area contributed by atoms with Crippen LogP contribution < -0.4 is 0 Å². The number of phenols is 2. The number of fused-ring (bicyclic) bond motifs is 1. The molecule has 3 atom stereocenters. The van der Waals surface area contributed by atoms with Gasteiger partial charge in [-0.2, -0.15) is 0 Å². The van der Waals surface area contributed by atoms with Gasteiger partial charge < -0.3 is 14.9 Å². The summed E-state index contributed by atoms with van der Waals surface area (Å²) in [5, 5.41) is 19.3. The second kappa shape index (κ2) is 5.02. The lowest BCUT2D eigenvalue weighted by Gasteiger charge is -2.41. The van der Waals surface area contributed by atoms with Crippen molar-refractivity contribution in [3.05, 3.63) is 23.8 Å². The highest BCUT2D eigenvalue weighted by molar-refractivity contribution is 5.38. The number of benzene rings is 1. The van der Waals surface area contributed by atoms with E-state index in [0.29, 0.717) is 12.1 Å². The summed E-state index contributed by atoms with van der Waals surface area (Å²) in [7, 11) is 0. The third-order valence-corrected chi connectivity index (χ3v) is 4.43. The lowest BCUT2D eigenvalue weighted by Crippen LogP contribution is -2.49. The molecular formula is C15H21NO3. The van der Waals surface area contributed by atoms with Gasteiger partial charge in [-0.05, 0) is 43.9 Å². The largest absolute Gasteiger partial charge is 0.508 e. The Hall–Kier alpha value is -1.26. The summed E-state index contributed by atoms with van der Waals surface area (Å²) in [4.78, 5) is 2.45. The molecular weight excluding hydrogens is 242 g/mol. The Bertz CT molecular complexity index is 442. The molecule has 3 unspecified atom stereocenters. The van der Waals surface area contributed by atoms with Crippen LogP contribution in [-0.2, 0) is 4.74 Å². The van der Waals surface area contributed by atoms with Crippen LogP contribution in [0.3, 0.4) is 0 Å². The predicted octanol–water partition coefficient (Wildman–Crippen LogP) is 2.41. The van der Waals surface area contributed by atoms with Gasteiger partial charge in [0.1, 0.15) is 11.5 Å². The number of ether oxygens (including phenoxy) is 1. The molecule has 1 heterocycles. The van der Waals surface area contributed by atoms with Crippen LogP contribution in [0.5, 0.6) is 11.5 Å². The monoisotopic (exact) mass is 263 g/mol.